The van der Waals surface area contributed by atoms with Crippen LogP contribution in [0.5, 0.6) is 0 Å². The first-order valence-corrected chi connectivity index (χ1v) is 7.79. The summed E-state index contributed by atoms with van der Waals surface area (Å²) in [7, 11) is 0. The summed E-state index contributed by atoms with van der Waals surface area (Å²) in [4.78, 5) is 16.2. The highest BCUT2D eigenvalue weighted by molar-refractivity contribution is 7.13. The minimum Gasteiger partial charge on any atom is -0.459 e. The molecular formula is C15H20N2O3S. The minimum atomic E-state index is -0.522. The van der Waals surface area contributed by atoms with Gasteiger partial charge in [0, 0.05) is 11.9 Å². The summed E-state index contributed by atoms with van der Waals surface area (Å²) in [5.41, 5.74) is 0.709. The van der Waals surface area contributed by atoms with Crippen molar-refractivity contribution in [2.45, 2.75) is 33.3 Å². The Morgan fingerprint density at radius 1 is 1.48 bits per heavy atom. The lowest BCUT2D eigenvalue weighted by Crippen LogP contribution is -2.35. The van der Waals surface area contributed by atoms with Crippen LogP contribution in [0.1, 0.15) is 25.3 Å². The fourth-order valence-corrected chi connectivity index (χ4v) is 2.51. The number of amides is 1. The van der Waals surface area contributed by atoms with Gasteiger partial charge < -0.3 is 14.8 Å². The first-order chi connectivity index (χ1) is 9.95. The van der Waals surface area contributed by atoms with Crippen molar-refractivity contribution in [3.8, 4) is 10.8 Å². The molecule has 0 saturated carbocycles. The Morgan fingerprint density at radius 2 is 2.24 bits per heavy atom. The number of hydrogen-bond acceptors (Lipinski definition) is 5. The lowest BCUT2D eigenvalue weighted by atomic mass is 10.1. The number of thiazole rings is 1. The number of rotatable bonds is 6. The third kappa shape index (κ3) is 4.41. The average molecular weight is 308 g/mol. The van der Waals surface area contributed by atoms with Crippen LogP contribution in [-0.4, -0.2) is 28.6 Å². The van der Waals surface area contributed by atoms with Gasteiger partial charge in [-0.1, -0.05) is 13.8 Å². The second kappa shape index (κ2) is 6.87. The molecule has 21 heavy (non-hydrogen) atoms. The fourth-order valence-electron chi connectivity index (χ4n) is 1.73. The number of hydrogen-bond donors (Lipinski definition) is 2. The summed E-state index contributed by atoms with van der Waals surface area (Å²) in [5.74, 6) is 1.54. The smallest absolute Gasteiger partial charge is 0.226 e. The van der Waals surface area contributed by atoms with E-state index in [4.69, 9.17) is 4.42 Å². The van der Waals surface area contributed by atoms with Crippen molar-refractivity contribution in [3.63, 3.8) is 0 Å². The van der Waals surface area contributed by atoms with Gasteiger partial charge in [-0.2, -0.15) is 0 Å². The van der Waals surface area contributed by atoms with Crippen LogP contribution in [0.15, 0.2) is 21.9 Å². The molecule has 0 aliphatic carbocycles. The van der Waals surface area contributed by atoms with E-state index >= 15 is 0 Å². The van der Waals surface area contributed by atoms with Gasteiger partial charge in [-0.15, -0.1) is 11.3 Å². The Labute approximate surface area is 128 Å². The van der Waals surface area contributed by atoms with Crippen molar-refractivity contribution >= 4 is 17.2 Å². The number of nitrogens with one attached hydrogen (secondary N) is 1. The molecule has 0 aromatic carbocycles. The molecule has 0 aliphatic heterocycles. The van der Waals surface area contributed by atoms with E-state index in [9.17, 15) is 9.90 Å². The van der Waals surface area contributed by atoms with Gasteiger partial charge in [-0.3, -0.25) is 4.79 Å². The number of aliphatic hydroxyl groups is 1. The summed E-state index contributed by atoms with van der Waals surface area (Å²) in [6, 6.07) is 3.76. The number of aromatic nitrogens is 1. The van der Waals surface area contributed by atoms with Gasteiger partial charge in [-0.25, -0.2) is 4.98 Å². The van der Waals surface area contributed by atoms with Gasteiger partial charge in [-0.05, 0) is 25.0 Å². The van der Waals surface area contributed by atoms with E-state index in [1.54, 1.807) is 0 Å². The predicted molar refractivity (Wildman–Crippen MR) is 82.1 cm³/mol. The van der Waals surface area contributed by atoms with Crippen molar-refractivity contribution in [1.29, 1.82) is 0 Å². The molecule has 1 amide bonds. The summed E-state index contributed by atoms with van der Waals surface area (Å²) in [5, 5.41) is 15.0. The summed E-state index contributed by atoms with van der Waals surface area (Å²) in [6.07, 6.45) is -0.313. The molecule has 2 aromatic rings. The van der Waals surface area contributed by atoms with Crippen LogP contribution in [0.2, 0.25) is 0 Å². The molecule has 6 heteroatoms. The quantitative estimate of drug-likeness (QED) is 0.859. The summed E-state index contributed by atoms with van der Waals surface area (Å²) in [6.45, 7) is 5.97. The summed E-state index contributed by atoms with van der Waals surface area (Å²) >= 11 is 1.45. The van der Waals surface area contributed by atoms with E-state index in [1.807, 2.05) is 38.3 Å². The third-order valence-corrected chi connectivity index (χ3v) is 4.03. The maximum absolute atomic E-state index is 11.8. The van der Waals surface area contributed by atoms with E-state index < -0.39 is 6.10 Å². The summed E-state index contributed by atoms with van der Waals surface area (Å²) < 4.78 is 5.51. The van der Waals surface area contributed by atoms with E-state index in [2.05, 4.69) is 10.3 Å². The largest absolute Gasteiger partial charge is 0.459 e. The maximum atomic E-state index is 11.8. The Morgan fingerprint density at radius 3 is 2.86 bits per heavy atom. The van der Waals surface area contributed by atoms with Gasteiger partial charge >= 0.3 is 0 Å². The van der Waals surface area contributed by atoms with Crippen LogP contribution in [0.4, 0.5) is 0 Å². The Kier molecular flexibility index (Phi) is 5.14. The molecule has 2 N–H and O–H groups in total. The zero-order valence-electron chi connectivity index (χ0n) is 12.4. The zero-order valence-corrected chi connectivity index (χ0v) is 13.2. The van der Waals surface area contributed by atoms with Crippen LogP contribution >= 0.6 is 11.3 Å². The molecule has 5 nitrogen and oxygen atoms in total. The van der Waals surface area contributed by atoms with Gasteiger partial charge in [0.2, 0.25) is 5.91 Å². The zero-order chi connectivity index (χ0) is 15.4. The molecule has 1 atom stereocenters. The molecule has 0 fully saturated rings. The molecule has 1 unspecified atom stereocenters. The van der Waals surface area contributed by atoms with Crippen molar-refractivity contribution in [1.82, 2.24) is 10.3 Å². The number of furan rings is 1. The number of aliphatic hydroxyl groups excluding tert-OH is 1. The Balaban J connectivity index is 1.89. The molecule has 0 saturated heterocycles. The highest BCUT2D eigenvalue weighted by Gasteiger charge is 2.13. The normalized spacial score (nSPS) is 12.6. The highest BCUT2D eigenvalue weighted by atomic mass is 32.1. The number of aryl methyl sites for hydroxylation is 1. The lowest BCUT2D eigenvalue weighted by Gasteiger charge is -2.14. The van der Waals surface area contributed by atoms with Crippen LogP contribution in [0, 0.1) is 12.8 Å². The van der Waals surface area contributed by atoms with E-state index in [0.717, 1.165) is 16.5 Å². The molecule has 0 radical (unpaired) electrons. The van der Waals surface area contributed by atoms with Gasteiger partial charge in [0.25, 0.3) is 0 Å². The highest BCUT2D eigenvalue weighted by Crippen LogP contribution is 2.25. The molecule has 2 rings (SSSR count). The monoisotopic (exact) mass is 308 g/mol. The number of carbonyl (C=O) groups is 1. The number of nitrogens with zero attached hydrogens (tertiary/aromatic N) is 1. The molecule has 0 spiro atoms. The van der Waals surface area contributed by atoms with E-state index in [0.29, 0.717) is 5.69 Å². The first kappa shape index (κ1) is 15.7. The van der Waals surface area contributed by atoms with Crippen molar-refractivity contribution in [2.24, 2.45) is 5.92 Å². The van der Waals surface area contributed by atoms with Crippen LogP contribution in [0.25, 0.3) is 10.8 Å². The Hall–Kier alpha value is -1.66. The average Bonchev–Trinajstić information content (AvgIpc) is 3.04. The lowest BCUT2D eigenvalue weighted by molar-refractivity contribution is -0.121. The van der Waals surface area contributed by atoms with Crippen LogP contribution < -0.4 is 5.32 Å². The molecular weight excluding hydrogens is 288 g/mol. The fraction of sp³-hybridized carbons (Fsp3) is 0.467. The molecule has 2 aromatic heterocycles. The van der Waals surface area contributed by atoms with Gasteiger partial charge in [0.1, 0.15) is 5.76 Å². The van der Waals surface area contributed by atoms with Crippen LogP contribution in [-0.2, 0) is 11.2 Å². The standard InChI is InChI=1S/C15H20N2O3S/c1-9(2)12(18)7-16-14(19)6-11-8-21-15(17-11)13-5-4-10(3)20-13/h4-5,8-9,12,18H,6-7H2,1-3H3,(H,16,19). The first-order valence-electron chi connectivity index (χ1n) is 6.91. The molecule has 114 valence electrons. The predicted octanol–water partition coefficient (Wildman–Crippen LogP) is 2.39. The van der Waals surface area contributed by atoms with Gasteiger partial charge in [0.05, 0.1) is 18.2 Å². The SMILES string of the molecule is Cc1ccc(-c2nc(CC(=O)NCC(O)C(C)C)cs2)o1. The second-order valence-corrected chi connectivity index (χ2v) is 6.20. The second-order valence-electron chi connectivity index (χ2n) is 5.35. The molecule has 2 heterocycles. The van der Waals surface area contributed by atoms with E-state index in [1.165, 1.54) is 11.3 Å². The van der Waals surface area contributed by atoms with Crippen LogP contribution in [0.3, 0.4) is 0 Å². The Bertz CT molecular complexity index is 604. The van der Waals surface area contributed by atoms with Gasteiger partial charge in [0.15, 0.2) is 10.8 Å². The van der Waals surface area contributed by atoms with E-state index in [-0.39, 0.29) is 24.8 Å². The van der Waals surface area contributed by atoms with Crippen molar-refractivity contribution in [2.75, 3.05) is 6.54 Å². The number of carbonyl (C=O) groups excluding carboxylic acids is 1. The molecule has 0 aliphatic rings. The molecule has 0 bridgehead atoms. The topological polar surface area (TPSA) is 75.4 Å². The van der Waals surface area contributed by atoms with Crippen molar-refractivity contribution < 1.29 is 14.3 Å². The maximum Gasteiger partial charge on any atom is 0.226 e. The third-order valence-electron chi connectivity index (χ3n) is 3.12. The minimum absolute atomic E-state index is 0.123. The van der Waals surface area contributed by atoms with Crippen molar-refractivity contribution in [3.05, 3.63) is 29.0 Å².